The lowest BCUT2D eigenvalue weighted by Gasteiger charge is -2.42. The molecule has 0 saturated carbocycles. The monoisotopic (exact) mass is 592 g/mol. The molecule has 2 aromatic carbocycles. The summed E-state index contributed by atoms with van der Waals surface area (Å²) in [4.78, 5) is 12.8. The molecule has 0 amide bonds. The highest BCUT2D eigenvalue weighted by atomic mass is 28.4. The van der Waals surface area contributed by atoms with Gasteiger partial charge in [0.1, 0.15) is 12.2 Å². The molecular formula is C29H38F6O4Si. The third kappa shape index (κ3) is 8.81. The van der Waals surface area contributed by atoms with Crippen LogP contribution in [0.1, 0.15) is 63.8 Å². The largest absolute Gasteiger partial charge is 0.462 e. The van der Waals surface area contributed by atoms with Crippen molar-refractivity contribution in [3.05, 3.63) is 70.8 Å². The van der Waals surface area contributed by atoms with Crippen molar-refractivity contribution in [2.75, 3.05) is 13.2 Å². The highest BCUT2D eigenvalue weighted by Crippen LogP contribution is 2.38. The minimum atomic E-state index is -4.97. The Bertz CT molecular complexity index is 1070. The summed E-state index contributed by atoms with van der Waals surface area (Å²) >= 11 is 0. The van der Waals surface area contributed by atoms with Crippen molar-refractivity contribution in [2.24, 2.45) is 5.41 Å². The van der Waals surface area contributed by atoms with Crippen LogP contribution in [0.2, 0.25) is 18.1 Å². The highest BCUT2D eigenvalue weighted by Gasteiger charge is 2.44. The Hall–Kier alpha value is -2.37. The molecule has 0 spiro atoms. The van der Waals surface area contributed by atoms with Gasteiger partial charge in [-0.1, -0.05) is 51.1 Å². The van der Waals surface area contributed by atoms with Crippen LogP contribution >= 0.6 is 0 Å². The number of alkyl halides is 6. The number of benzene rings is 2. The van der Waals surface area contributed by atoms with Crippen LogP contribution < -0.4 is 0 Å². The molecule has 0 radical (unpaired) electrons. The molecule has 11 heteroatoms. The second kappa shape index (κ2) is 13.1. The summed E-state index contributed by atoms with van der Waals surface area (Å²) in [5, 5.41) is 0. The van der Waals surface area contributed by atoms with Crippen LogP contribution in [0.5, 0.6) is 0 Å². The van der Waals surface area contributed by atoms with Crippen molar-refractivity contribution in [2.45, 2.75) is 84.2 Å². The topological polar surface area (TPSA) is 44.8 Å². The Morgan fingerprint density at radius 2 is 1.25 bits per heavy atom. The Kier molecular flexibility index (Phi) is 11.1. The number of hydrogen-bond acceptors (Lipinski definition) is 4. The van der Waals surface area contributed by atoms with Gasteiger partial charge in [0.15, 0.2) is 8.32 Å². The Morgan fingerprint density at radius 3 is 1.68 bits per heavy atom. The van der Waals surface area contributed by atoms with Gasteiger partial charge < -0.3 is 13.9 Å². The molecule has 0 aliphatic rings. The molecule has 2 aromatic rings. The Labute approximate surface area is 233 Å². The first-order valence-electron chi connectivity index (χ1n) is 13.2. The number of rotatable bonds is 12. The maximum atomic E-state index is 13.4. The van der Waals surface area contributed by atoms with E-state index in [1.54, 1.807) is 51.1 Å². The van der Waals surface area contributed by atoms with Crippen LogP contribution in [-0.2, 0) is 43.3 Å². The zero-order valence-electron chi connectivity index (χ0n) is 23.8. The molecule has 0 bridgehead atoms. The van der Waals surface area contributed by atoms with Crippen molar-refractivity contribution in [3.8, 4) is 0 Å². The summed E-state index contributed by atoms with van der Waals surface area (Å²) in [6.07, 6.45) is -9.94. The molecule has 1 atom stereocenters. The second-order valence-corrected chi connectivity index (χ2v) is 15.6. The highest BCUT2D eigenvalue weighted by molar-refractivity contribution is 6.73. The van der Waals surface area contributed by atoms with Crippen molar-refractivity contribution in [1.29, 1.82) is 0 Å². The minimum Gasteiger partial charge on any atom is -0.462 e. The Morgan fingerprint density at radius 1 is 0.750 bits per heavy atom. The maximum Gasteiger partial charge on any atom is 0.416 e. The van der Waals surface area contributed by atoms with E-state index in [1.165, 1.54) is 0 Å². The smallest absolute Gasteiger partial charge is 0.416 e. The number of halogens is 6. The lowest BCUT2D eigenvalue weighted by Crippen LogP contribution is -2.51. The molecule has 0 heterocycles. The van der Waals surface area contributed by atoms with Crippen LogP contribution in [0.4, 0.5) is 26.3 Å². The molecule has 2 rings (SSSR count). The molecule has 224 valence electrons. The number of esters is 1. The van der Waals surface area contributed by atoms with Gasteiger partial charge in [0.25, 0.3) is 0 Å². The first kappa shape index (κ1) is 33.8. The molecule has 0 saturated heterocycles. The first-order valence-corrected chi connectivity index (χ1v) is 15.7. The van der Waals surface area contributed by atoms with Gasteiger partial charge in [0.05, 0.1) is 29.8 Å². The molecule has 40 heavy (non-hydrogen) atoms. The molecular weight excluding hydrogens is 554 g/mol. The van der Waals surface area contributed by atoms with Gasteiger partial charge in [-0.15, -0.1) is 0 Å². The summed E-state index contributed by atoms with van der Waals surface area (Å²) in [7, 11) is -2.42. The minimum absolute atomic E-state index is 0.0799. The zero-order chi connectivity index (χ0) is 30.4. The molecule has 0 aliphatic heterocycles. The summed E-state index contributed by atoms with van der Waals surface area (Å²) < 4.78 is 98.7. The van der Waals surface area contributed by atoms with Gasteiger partial charge in [-0.05, 0) is 68.2 Å². The SMILES string of the molecule is CC[Si](CC)(CC)OC(COCc1cc(C(F)(F)F)cc(C(F)(F)F)c1)(COC(=O)C(C)(C)C)c1ccccc1. The molecule has 0 N–H and O–H groups in total. The normalized spacial score (nSPS) is 14.6. The molecule has 0 fully saturated rings. The number of carbonyl (C=O) groups excluding carboxylic acids is 1. The fraction of sp³-hybridized carbons (Fsp3) is 0.552. The van der Waals surface area contributed by atoms with Crippen LogP contribution in [0.15, 0.2) is 48.5 Å². The van der Waals surface area contributed by atoms with E-state index in [0.29, 0.717) is 17.7 Å². The predicted octanol–water partition coefficient (Wildman–Crippen LogP) is 8.75. The van der Waals surface area contributed by atoms with Crippen molar-refractivity contribution in [3.63, 3.8) is 0 Å². The average molecular weight is 593 g/mol. The van der Waals surface area contributed by atoms with Crippen LogP contribution in [0, 0.1) is 5.41 Å². The lowest BCUT2D eigenvalue weighted by atomic mass is 9.94. The number of hydrogen-bond donors (Lipinski definition) is 0. The van der Waals surface area contributed by atoms with Crippen molar-refractivity contribution >= 4 is 14.3 Å². The maximum absolute atomic E-state index is 13.4. The van der Waals surface area contributed by atoms with E-state index in [0.717, 1.165) is 18.1 Å². The summed E-state index contributed by atoms with van der Waals surface area (Å²) in [6.45, 7) is 10.1. The quantitative estimate of drug-likeness (QED) is 0.140. The van der Waals surface area contributed by atoms with E-state index >= 15 is 0 Å². The van der Waals surface area contributed by atoms with E-state index in [1.807, 2.05) is 20.8 Å². The van der Waals surface area contributed by atoms with Crippen molar-refractivity contribution in [1.82, 2.24) is 0 Å². The van der Waals surface area contributed by atoms with E-state index in [4.69, 9.17) is 13.9 Å². The van der Waals surface area contributed by atoms with Crippen LogP contribution in [0.25, 0.3) is 0 Å². The standard InChI is InChI=1S/C29H38F6O4Si/c1-7-40(8-2,9-3)39-27(22-13-11-10-12-14-22,20-38-25(36)26(4,5)6)19-37-18-21-15-23(28(30,31)32)17-24(16-21)29(33,34)35/h10-17H,7-9,18-20H2,1-6H3. The van der Waals surface area contributed by atoms with E-state index in [-0.39, 0.29) is 24.8 Å². The molecule has 0 aromatic heterocycles. The third-order valence-electron chi connectivity index (χ3n) is 6.94. The van der Waals surface area contributed by atoms with E-state index in [2.05, 4.69) is 0 Å². The summed E-state index contributed by atoms with van der Waals surface area (Å²) in [6, 6.07) is 12.5. The van der Waals surface area contributed by atoms with Gasteiger partial charge in [-0.2, -0.15) is 26.3 Å². The third-order valence-corrected chi connectivity index (χ3v) is 11.6. The fourth-order valence-electron chi connectivity index (χ4n) is 4.28. The lowest BCUT2D eigenvalue weighted by molar-refractivity contribution is -0.164. The number of carbonyl (C=O) groups is 1. The molecule has 1 unspecified atom stereocenters. The fourth-order valence-corrected chi connectivity index (χ4v) is 7.28. The van der Waals surface area contributed by atoms with E-state index < -0.39 is 55.4 Å². The predicted molar refractivity (Wildman–Crippen MR) is 143 cm³/mol. The summed E-state index contributed by atoms with van der Waals surface area (Å²) in [5.41, 5.74) is -4.64. The second-order valence-electron chi connectivity index (χ2n) is 10.9. The van der Waals surface area contributed by atoms with Gasteiger partial charge in [0, 0.05) is 0 Å². The molecule has 4 nitrogen and oxygen atoms in total. The number of ether oxygens (including phenoxy) is 2. The summed E-state index contributed by atoms with van der Waals surface area (Å²) in [5.74, 6) is -0.485. The van der Waals surface area contributed by atoms with Crippen LogP contribution in [-0.4, -0.2) is 27.5 Å². The van der Waals surface area contributed by atoms with Crippen LogP contribution in [0.3, 0.4) is 0 Å². The van der Waals surface area contributed by atoms with Gasteiger partial charge >= 0.3 is 18.3 Å². The average Bonchev–Trinajstić information content (AvgIpc) is 2.89. The van der Waals surface area contributed by atoms with Gasteiger partial charge in [-0.25, -0.2) is 0 Å². The van der Waals surface area contributed by atoms with Gasteiger partial charge in [0.2, 0.25) is 0 Å². The zero-order valence-corrected chi connectivity index (χ0v) is 24.8. The Balaban J connectivity index is 2.53. The molecule has 0 aliphatic carbocycles. The first-order chi connectivity index (χ1) is 18.4. The van der Waals surface area contributed by atoms with Gasteiger partial charge in [-0.3, -0.25) is 4.79 Å². The van der Waals surface area contributed by atoms with Crippen molar-refractivity contribution < 1.29 is 45.0 Å². The van der Waals surface area contributed by atoms with E-state index in [9.17, 15) is 31.1 Å².